The van der Waals surface area contributed by atoms with Gasteiger partial charge in [0.15, 0.2) is 0 Å². The van der Waals surface area contributed by atoms with E-state index >= 15 is 0 Å². The van der Waals surface area contributed by atoms with Crippen LogP contribution in [0, 0.1) is 0 Å². The molecule has 2 heteroatoms. The molecule has 0 aliphatic heterocycles. The SMILES string of the molecule is c1ccc(N(c2ccc(-c3ccc(N(c4ccccc4)c4ccc5c6c(ccc5c4)-c4ccccc4CCCC6)cc3)cc2)c2ccc3c4c(ccc3c2)-c2ccccc2CCCC4)cc1. The molecule has 318 valence electrons. The Hall–Kier alpha value is -7.68. The summed E-state index contributed by atoms with van der Waals surface area (Å²) in [7, 11) is 0. The van der Waals surface area contributed by atoms with Crippen LogP contribution in [0.25, 0.3) is 54.9 Å². The fourth-order valence-electron chi connectivity index (χ4n) is 11.0. The molecule has 0 saturated heterocycles. The van der Waals surface area contributed by atoms with Crippen molar-refractivity contribution in [3.05, 3.63) is 241 Å². The summed E-state index contributed by atoms with van der Waals surface area (Å²) in [5, 5.41) is 5.29. The van der Waals surface area contributed by atoms with Gasteiger partial charge >= 0.3 is 0 Å². The summed E-state index contributed by atoms with van der Waals surface area (Å²) in [5.41, 5.74) is 20.7. The van der Waals surface area contributed by atoms with Gasteiger partial charge in [-0.25, -0.2) is 0 Å². The maximum atomic E-state index is 2.39. The lowest BCUT2D eigenvalue weighted by atomic mass is 9.85. The second-order valence-corrected chi connectivity index (χ2v) is 18.2. The van der Waals surface area contributed by atoms with Gasteiger partial charge in [-0.3, -0.25) is 0 Å². The van der Waals surface area contributed by atoms with Crippen molar-refractivity contribution >= 4 is 55.7 Å². The van der Waals surface area contributed by atoms with E-state index in [9.17, 15) is 0 Å². The Morgan fingerprint density at radius 2 is 0.621 bits per heavy atom. The monoisotopic (exact) mass is 848 g/mol. The molecule has 2 nitrogen and oxygen atoms in total. The highest BCUT2D eigenvalue weighted by Crippen LogP contribution is 2.43. The van der Waals surface area contributed by atoms with Crippen molar-refractivity contribution in [1.29, 1.82) is 0 Å². The molecule has 0 N–H and O–H groups in total. The van der Waals surface area contributed by atoms with Gasteiger partial charge in [-0.15, -0.1) is 0 Å². The number of hydrogen-bond acceptors (Lipinski definition) is 2. The molecule has 10 aromatic rings. The molecule has 0 radical (unpaired) electrons. The number of rotatable bonds is 7. The molecule has 10 aromatic carbocycles. The second kappa shape index (κ2) is 17.4. The van der Waals surface area contributed by atoms with Gasteiger partial charge in [0.2, 0.25) is 0 Å². The molecule has 0 heterocycles. The molecule has 2 aliphatic carbocycles. The number of nitrogens with zero attached hydrogens (tertiary/aromatic N) is 2. The molecular formula is C64H52N2. The highest BCUT2D eigenvalue weighted by atomic mass is 15.1. The Balaban J connectivity index is 0.862. The second-order valence-electron chi connectivity index (χ2n) is 18.2. The zero-order valence-corrected chi connectivity index (χ0v) is 37.3. The first-order chi connectivity index (χ1) is 32.7. The molecule has 0 amide bonds. The van der Waals surface area contributed by atoms with Crippen LogP contribution in [-0.4, -0.2) is 0 Å². The maximum absolute atomic E-state index is 2.39. The van der Waals surface area contributed by atoms with E-state index in [0.717, 1.165) is 59.8 Å². The van der Waals surface area contributed by atoms with E-state index in [2.05, 4.69) is 228 Å². The molecular weight excluding hydrogens is 797 g/mol. The lowest BCUT2D eigenvalue weighted by molar-refractivity contribution is 0.732. The van der Waals surface area contributed by atoms with Gasteiger partial charge in [0.1, 0.15) is 0 Å². The normalized spacial score (nSPS) is 13.3. The van der Waals surface area contributed by atoms with Crippen molar-refractivity contribution in [2.24, 2.45) is 0 Å². The van der Waals surface area contributed by atoms with Crippen molar-refractivity contribution in [2.45, 2.75) is 51.4 Å². The largest absolute Gasteiger partial charge is 0.310 e. The van der Waals surface area contributed by atoms with Gasteiger partial charge in [0.05, 0.1) is 0 Å². The number of anilines is 6. The predicted molar refractivity (Wildman–Crippen MR) is 280 cm³/mol. The van der Waals surface area contributed by atoms with Gasteiger partial charge in [0, 0.05) is 34.1 Å². The molecule has 0 aromatic heterocycles. The van der Waals surface area contributed by atoms with Gasteiger partial charge in [-0.05, 0) is 201 Å². The third-order valence-corrected chi connectivity index (χ3v) is 14.2. The lowest BCUT2D eigenvalue weighted by Gasteiger charge is -2.27. The van der Waals surface area contributed by atoms with Crippen LogP contribution >= 0.6 is 0 Å². The molecule has 2 aliphatic rings. The van der Waals surface area contributed by atoms with Crippen LogP contribution in [0.3, 0.4) is 0 Å². The molecule has 0 atom stereocenters. The number of aryl methyl sites for hydroxylation is 4. The smallest absolute Gasteiger partial charge is 0.0468 e. The summed E-state index contributed by atoms with van der Waals surface area (Å²) in [6, 6.07) is 81.2. The first kappa shape index (κ1) is 39.9. The highest BCUT2D eigenvalue weighted by Gasteiger charge is 2.20. The van der Waals surface area contributed by atoms with Crippen molar-refractivity contribution < 1.29 is 0 Å². The zero-order valence-electron chi connectivity index (χ0n) is 37.3. The number of fused-ring (bicyclic) bond motifs is 10. The van der Waals surface area contributed by atoms with Gasteiger partial charge in [-0.1, -0.05) is 146 Å². The molecule has 0 bridgehead atoms. The lowest BCUT2D eigenvalue weighted by Crippen LogP contribution is -2.10. The number of hydrogen-bond donors (Lipinski definition) is 0. The van der Waals surface area contributed by atoms with Crippen molar-refractivity contribution in [3.63, 3.8) is 0 Å². The Morgan fingerprint density at radius 3 is 1.06 bits per heavy atom. The summed E-state index contributed by atoms with van der Waals surface area (Å²) in [4.78, 5) is 4.77. The van der Waals surface area contributed by atoms with Crippen LogP contribution in [0.4, 0.5) is 34.1 Å². The molecule has 66 heavy (non-hydrogen) atoms. The van der Waals surface area contributed by atoms with E-state index in [1.54, 1.807) is 0 Å². The quantitative estimate of drug-likeness (QED) is 0.158. The Labute approximate surface area is 389 Å². The third-order valence-electron chi connectivity index (χ3n) is 14.2. The van der Waals surface area contributed by atoms with Crippen molar-refractivity contribution in [3.8, 4) is 33.4 Å². The topological polar surface area (TPSA) is 6.48 Å². The molecule has 0 fully saturated rings. The van der Waals surface area contributed by atoms with Crippen LogP contribution in [0.1, 0.15) is 47.9 Å². The van der Waals surface area contributed by atoms with E-state index in [4.69, 9.17) is 0 Å². The maximum Gasteiger partial charge on any atom is 0.0468 e. The highest BCUT2D eigenvalue weighted by molar-refractivity contribution is 5.97. The van der Waals surface area contributed by atoms with Crippen molar-refractivity contribution in [1.82, 2.24) is 0 Å². The van der Waals surface area contributed by atoms with Crippen LogP contribution in [-0.2, 0) is 25.7 Å². The first-order valence-electron chi connectivity index (χ1n) is 23.9. The minimum Gasteiger partial charge on any atom is -0.310 e. The summed E-state index contributed by atoms with van der Waals surface area (Å²) in [5.74, 6) is 0. The Morgan fingerprint density at radius 1 is 0.258 bits per heavy atom. The summed E-state index contributed by atoms with van der Waals surface area (Å²) >= 11 is 0. The standard InChI is InChI=1S/C64H52N2/c1-3-19-51(20-4-1)65(55-37-41-59-49(43-55)31-39-63-57-23-11-7-15-47(57)17-9-13-25-61(59)63)53-33-27-45(28-34-53)46-29-35-54(36-30-46)66(52-21-5-2-6-22-52)56-38-42-60-50(44-56)32-40-64-58-24-12-8-16-48(58)18-10-14-26-62(60)64/h1-8,11-12,15-16,19-24,27-44H,9-10,13-14,17-18,25-26H2. The van der Waals surface area contributed by atoms with E-state index < -0.39 is 0 Å². The first-order valence-corrected chi connectivity index (χ1v) is 23.9. The van der Waals surface area contributed by atoms with Crippen LogP contribution in [0.5, 0.6) is 0 Å². The Kier molecular flexibility index (Phi) is 10.5. The number of benzene rings is 10. The molecule has 0 saturated carbocycles. The van der Waals surface area contributed by atoms with Crippen LogP contribution in [0.15, 0.2) is 218 Å². The average molecular weight is 849 g/mol. The Bertz CT molecular complexity index is 3120. The minimum absolute atomic E-state index is 1.11. The molecule has 0 unspecified atom stereocenters. The molecule has 12 rings (SSSR count). The number of para-hydroxylation sites is 2. The van der Waals surface area contributed by atoms with E-state index in [1.165, 1.54) is 103 Å². The van der Waals surface area contributed by atoms with Gasteiger partial charge in [0.25, 0.3) is 0 Å². The fraction of sp³-hybridized carbons (Fsp3) is 0.125. The summed E-state index contributed by atoms with van der Waals surface area (Å²) in [6.07, 6.45) is 9.39. The molecule has 0 spiro atoms. The fourth-order valence-corrected chi connectivity index (χ4v) is 11.0. The summed E-state index contributed by atoms with van der Waals surface area (Å²) < 4.78 is 0. The zero-order chi connectivity index (χ0) is 43.8. The van der Waals surface area contributed by atoms with E-state index in [-0.39, 0.29) is 0 Å². The van der Waals surface area contributed by atoms with Crippen LogP contribution < -0.4 is 9.80 Å². The van der Waals surface area contributed by atoms with Gasteiger partial charge in [-0.2, -0.15) is 0 Å². The average Bonchev–Trinajstić information content (AvgIpc) is 3.36. The van der Waals surface area contributed by atoms with E-state index in [0.29, 0.717) is 0 Å². The predicted octanol–water partition coefficient (Wildman–Crippen LogP) is 17.7. The van der Waals surface area contributed by atoms with Crippen LogP contribution in [0.2, 0.25) is 0 Å². The minimum atomic E-state index is 1.11. The van der Waals surface area contributed by atoms with Gasteiger partial charge < -0.3 is 9.80 Å². The third kappa shape index (κ3) is 7.43. The van der Waals surface area contributed by atoms with E-state index in [1.807, 2.05) is 0 Å². The summed E-state index contributed by atoms with van der Waals surface area (Å²) in [6.45, 7) is 0. The van der Waals surface area contributed by atoms with Crippen molar-refractivity contribution in [2.75, 3.05) is 9.80 Å².